The summed E-state index contributed by atoms with van der Waals surface area (Å²) in [4.78, 5) is 38.2. The molecule has 8 nitrogen and oxygen atoms in total. The average molecular weight is 511 g/mol. The number of rotatable bonds is 7. The van der Waals surface area contributed by atoms with E-state index in [-0.39, 0.29) is 29.3 Å². The quantitative estimate of drug-likeness (QED) is 0.274. The van der Waals surface area contributed by atoms with E-state index in [1.165, 1.54) is 31.2 Å². The summed E-state index contributed by atoms with van der Waals surface area (Å²) in [6.45, 7) is 2.97. The highest BCUT2D eigenvalue weighted by atomic mass is 32.2. The molecule has 0 spiro atoms. The van der Waals surface area contributed by atoms with Gasteiger partial charge >= 0.3 is 5.97 Å². The van der Waals surface area contributed by atoms with Gasteiger partial charge in [-0.15, -0.1) is 0 Å². The molecule has 0 saturated carbocycles. The van der Waals surface area contributed by atoms with Crippen LogP contribution in [0, 0.1) is 12.7 Å². The molecule has 1 aliphatic rings. The number of imide groups is 1. The van der Waals surface area contributed by atoms with Crippen molar-refractivity contribution in [1.82, 2.24) is 4.31 Å². The van der Waals surface area contributed by atoms with Gasteiger partial charge in [0.15, 0.2) is 0 Å². The number of carbonyl (C=O) groups excluding carboxylic acids is 3. The average Bonchev–Trinajstić information content (AvgIpc) is 3.12. The lowest BCUT2D eigenvalue weighted by Crippen LogP contribution is -2.45. The van der Waals surface area contributed by atoms with Crippen LogP contribution in [0.3, 0.4) is 0 Å². The number of aryl methyl sites for hydroxylation is 1. The third-order valence-corrected chi connectivity index (χ3v) is 7.58. The van der Waals surface area contributed by atoms with Gasteiger partial charge < -0.3 is 4.74 Å². The molecule has 3 aromatic carbocycles. The number of nitrogens with zero attached hydrogens (tertiary/aromatic N) is 2. The molecular formula is C26H23FN2O6S. The Bertz CT molecular complexity index is 1400. The second-order valence-corrected chi connectivity index (χ2v) is 10.3. The Kier molecular flexibility index (Phi) is 7.00. The van der Waals surface area contributed by atoms with E-state index in [2.05, 4.69) is 0 Å². The van der Waals surface area contributed by atoms with Crippen molar-refractivity contribution in [1.29, 1.82) is 0 Å². The van der Waals surface area contributed by atoms with E-state index in [9.17, 15) is 27.2 Å². The fraction of sp³-hybridized carbons (Fsp3) is 0.192. The van der Waals surface area contributed by atoms with Gasteiger partial charge in [-0.05, 0) is 61.0 Å². The summed E-state index contributed by atoms with van der Waals surface area (Å²) in [6.07, 6.45) is -0.364. The zero-order chi connectivity index (χ0) is 26.0. The standard InChI is InChI=1S/C26H23FN2O6S/c1-17-3-5-19(6-4-17)16-28(36(33,34)23-13-7-20(27)8-14-23)24-15-25(31)29(26(24)32)21-9-11-22(12-10-21)35-18(2)30/h3-14,24H,15-16H2,1-2H3. The summed E-state index contributed by atoms with van der Waals surface area (Å²) in [7, 11) is -4.28. The van der Waals surface area contributed by atoms with Gasteiger partial charge in [0.2, 0.25) is 15.9 Å². The third kappa shape index (κ3) is 5.19. The van der Waals surface area contributed by atoms with Crippen LogP contribution >= 0.6 is 0 Å². The molecule has 0 aliphatic carbocycles. The number of carbonyl (C=O) groups is 3. The van der Waals surface area contributed by atoms with Crippen LogP contribution in [0.15, 0.2) is 77.7 Å². The number of esters is 1. The molecule has 4 rings (SSSR count). The van der Waals surface area contributed by atoms with Crippen LogP contribution in [0.1, 0.15) is 24.5 Å². The fourth-order valence-corrected chi connectivity index (χ4v) is 5.49. The minimum absolute atomic E-state index is 0.164. The lowest BCUT2D eigenvalue weighted by atomic mass is 10.1. The van der Waals surface area contributed by atoms with Gasteiger partial charge in [0.1, 0.15) is 17.6 Å². The first-order valence-electron chi connectivity index (χ1n) is 11.0. The van der Waals surface area contributed by atoms with Gasteiger partial charge in [0.05, 0.1) is 17.0 Å². The van der Waals surface area contributed by atoms with Gasteiger partial charge in [-0.2, -0.15) is 4.31 Å². The largest absolute Gasteiger partial charge is 0.427 e. The maximum Gasteiger partial charge on any atom is 0.308 e. The smallest absolute Gasteiger partial charge is 0.308 e. The molecule has 36 heavy (non-hydrogen) atoms. The van der Waals surface area contributed by atoms with Gasteiger partial charge in [0.25, 0.3) is 5.91 Å². The van der Waals surface area contributed by atoms with Crippen LogP contribution < -0.4 is 9.64 Å². The van der Waals surface area contributed by atoms with Crippen LogP contribution in [0.25, 0.3) is 0 Å². The molecule has 1 atom stereocenters. The lowest BCUT2D eigenvalue weighted by molar-refractivity contribution is -0.132. The molecule has 2 amide bonds. The van der Waals surface area contributed by atoms with Crippen molar-refractivity contribution >= 4 is 33.5 Å². The SMILES string of the molecule is CC(=O)Oc1ccc(N2C(=O)CC(N(Cc3ccc(C)cc3)S(=O)(=O)c3ccc(F)cc3)C2=O)cc1. The predicted octanol–water partition coefficient (Wildman–Crippen LogP) is 3.58. The van der Waals surface area contributed by atoms with Crippen molar-refractivity contribution in [3.8, 4) is 5.75 Å². The van der Waals surface area contributed by atoms with E-state index in [1.807, 2.05) is 19.1 Å². The molecule has 0 N–H and O–H groups in total. The molecule has 0 radical (unpaired) electrons. The molecule has 1 unspecified atom stereocenters. The van der Waals surface area contributed by atoms with Crippen molar-refractivity contribution in [2.24, 2.45) is 0 Å². The second-order valence-electron chi connectivity index (χ2n) is 8.36. The van der Waals surface area contributed by atoms with Crippen LogP contribution in [-0.4, -0.2) is 36.5 Å². The van der Waals surface area contributed by atoms with Crippen molar-refractivity contribution in [3.63, 3.8) is 0 Å². The summed E-state index contributed by atoms with van der Waals surface area (Å²) >= 11 is 0. The van der Waals surface area contributed by atoms with Gasteiger partial charge in [0, 0.05) is 13.5 Å². The molecule has 1 heterocycles. The van der Waals surface area contributed by atoms with E-state index in [4.69, 9.17) is 4.74 Å². The monoisotopic (exact) mass is 510 g/mol. The van der Waals surface area contributed by atoms with Crippen LogP contribution in [0.2, 0.25) is 0 Å². The Hall–Kier alpha value is -3.89. The van der Waals surface area contributed by atoms with Crippen LogP contribution in [-0.2, 0) is 31.0 Å². The zero-order valence-electron chi connectivity index (χ0n) is 19.5. The van der Waals surface area contributed by atoms with E-state index in [1.54, 1.807) is 12.1 Å². The Balaban J connectivity index is 1.70. The summed E-state index contributed by atoms with van der Waals surface area (Å²) in [5.41, 5.74) is 1.82. The molecule has 10 heteroatoms. The predicted molar refractivity (Wildman–Crippen MR) is 129 cm³/mol. The first-order valence-corrected chi connectivity index (χ1v) is 12.5. The first-order chi connectivity index (χ1) is 17.1. The normalized spacial score (nSPS) is 16.0. The summed E-state index contributed by atoms with van der Waals surface area (Å²) in [5, 5.41) is 0. The minimum atomic E-state index is -4.28. The van der Waals surface area contributed by atoms with E-state index in [0.717, 1.165) is 39.0 Å². The number of benzene rings is 3. The van der Waals surface area contributed by atoms with Gasteiger partial charge in [-0.3, -0.25) is 14.4 Å². The number of ether oxygens (including phenoxy) is 1. The first kappa shape index (κ1) is 25.2. The third-order valence-electron chi connectivity index (χ3n) is 5.71. The molecular weight excluding hydrogens is 487 g/mol. The van der Waals surface area contributed by atoms with E-state index < -0.39 is 39.7 Å². The minimum Gasteiger partial charge on any atom is -0.427 e. The maximum atomic E-state index is 13.6. The maximum absolute atomic E-state index is 13.6. The van der Waals surface area contributed by atoms with Crippen LogP contribution in [0.4, 0.5) is 10.1 Å². The zero-order valence-corrected chi connectivity index (χ0v) is 20.4. The molecule has 1 saturated heterocycles. The Morgan fingerprint density at radius 1 is 1.00 bits per heavy atom. The molecule has 3 aromatic rings. The van der Waals surface area contributed by atoms with E-state index in [0.29, 0.717) is 5.56 Å². The van der Waals surface area contributed by atoms with Crippen molar-refractivity contribution in [2.75, 3.05) is 4.90 Å². The van der Waals surface area contributed by atoms with Crippen molar-refractivity contribution < 1.29 is 31.9 Å². The number of hydrogen-bond donors (Lipinski definition) is 0. The summed E-state index contributed by atoms with van der Waals surface area (Å²) in [6, 6.07) is 15.9. The highest BCUT2D eigenvalue weighted by Gasteiger charge is 2.47. The second kappa shape index (κ2) is 10.00. The fourth-order valence-electron chi connectivity index (χ4n) is 3.92. The number of sulfonamides is 1. The van der Waals surface area contributed by atoms with Crippen molar-refractivity contribution in [2.45, 2.75) is 37.8 Å². The summed E-state index contributed by atoms with van der Waals surface area (Å²) < 4.78 is 46.7. The summed E-state index contributed by atoms with van der Waals surface area (Å²) in [5.74, 6) is -2.17. The number of hydrogen-bond acceptors (Lipinski definition) is 6. The Labute approximate surface area is 208 Å². The molecule has 1 fully saturated rings. The molecule has 0 aromatic heterocycles. The topological polar surface area (TPSA) is 101 Å². The molecule has 186 valence electrons. The number of amides is 2. The van der Waals surface area contributed by atoms with Gasteiger partial charge in [-0.1, -0.05) is 29.8 Å². The highest BCUT2D eigenvalue weighted by Crippen LogP contribution is 2.31. The molecule has 0 bridgehead atoms. The lowest BCUT2D eigenvalue weighted by Gasteiger charge is -2.27. The molecule has 1 aliphatic heterocycles. The number of anilines is 1. The highest BCUT2D eigenvalue weighted by molar-refractivity contribution is 7.89. The Morgan fingerprint density at radius 2 is 1.61 bits per heavy atom. The van der Waals surface area contributed by atoms with Gasteiger partial charge in [-0.25, -0.2) is 17.7 Å². The Morgan fingerprint density at radius 3 is 2.19 bits per heavy atom. The van der Waals surface area contributed by atoms with E-state index >= 15 is 0 Å². The van der Waals surface area contributed by atoms with Crippen molar-refractivity contribution in [3.05, 3.63) is 89.7 Å². The van der Waals surface area contributed by atoms with Crippen LogP contribution in [0.5, 0.6) is 5.75 Å². The number of halogens is 1.